The third kappa shape index (κ3) is 3.72. The van der Waals surface area contributed by atoms with Gasteiger partial charge in [0.15, 0.2) is 0 Å². The number of rotatable bonds is 8. The van der Waals surface area contributed by atoms with E-state index in [-0.39, 0.29) is 24.3 Å². The molecule has 0 aromatic heterocycles. The molecular formula is C26H39N3O4S. The van der Waals surface area contributed by atoms with Gasteiger partial charge in [-0.3, -0.25) is 14.4 Å². The summed E-state index contributed by atoms with van der Waals surface area (Å²) in [6.45, 7) is 10.3. The Morgan fingerprint density at radius 3 is 2.26 bits per heavy atom. The van der Waals surface area contributed by atoms with Crippen molar-refractivity contribution in [3.63, 3.8) is 0 Å². The molecule has 0 saturated carbocycles. The highest BCUT2D eigenvalue weighted by Crippen LogP contribution is 2.65. The normalized spacial score (nSPS) is 35.9. The number of likely N-dealkylation sites (tertiary alicyclic amines) is 1. The molecule has 188 valence electrons. The van der Waals surface area contributed by atoms with Gasteiger partial charge in [-0.1, -0.05) is 51.5 Å². The minimum Gasteiger partial charge on any atom is -0.394 e. The van der Waals surface area contributed by atoms with Crippen molar-refractivity contribution in [3.8, 4) is 0 Å². The number of nitrogens with zero attached hydrogens (tertiary/aromatic N) is 3. The number of fused-ring (bicyclic) bond motifs is 2. The number of aliphatic hydroxyl groups excluding tert-OH is 1. The molecule has 0 bridgehead atoms. The first kappa shape index (κ1) is 25.3. The van der Waals surface area contributed by atoms with Gasteiger partial charge in [0.25, 0.3) is 0 Å². The average Bonchev–Trinajstić information content (AvgIpc) is 3.09. The van der Waals surface area contributed by atoms with Crippen LogP contribution in [-0.4, -0.2) is 91.9 Å². The van der Waals surface area contributed by atoms with Crippen molar-refractivity contribution in [2.75, 3.05) is 32.8 Å². The Labute approximate surface area is 207 Å². The second-order valence-corrected chi connectivity index (χ2v) is 12.0. The maximum atomic E-state index is 14.2. The van der Waals surface area contributed by atoms with E-state index in [0.29, 0.717) is 32.6 Å². The largest absolute Gasteiger partial charge is 0.394 e. The van der Waals surface area contributed by atoms with E-state index in [2.05, 4.69) is 32.9 Å². The van der Waals surface area contributed by atoms with Gasteiger partial charge in [-0.05, 0) is 26.2 Å². The summed E-state index contributed by atoms with van der Waals surface area (Å²) in [5, 5.41) is 10.2. The van der Waals surface area contributed by atoms with Gasteiger partial charge in [0.05, 0.1) is 29.2 Å². The van der Waals surface area contributed by atoms with E-state index >= 15 is 0 Å². The topological polar surface area (TPSA) is 81.2 Å². The Morgan fingerprint density at radius 2 is 1.65 bits per heavy atom. The second-order valence-electron chi connectivity index (χ2n) is 10.2. The van der Waals surface area contributed by atoms with Gasteiger partial charge >= 0.3 is 0 Å². The minimum absolute atomic E-state index is 0.00246. The number of hydrogen-bond donors (Lipinski definition) is 1. The van der Waals surface area contributed by atoms with Crippen molar-refractivity contribution in [1.82, 2.24) is 14.7 Å². The van der Waals surface area contributed by atoms with Gasteiger partial charge in [-0.15, -0.1) is 11.8 Å². The molecule has 0 aromatic carbocycles. The molecular weight excluding hydrogens is 450 g/mol. The molecule has 1 unspecified atom stereocenters. The number of amides is 3. The van der Waals surface area contributed by atoms with Gasteiger partial charge < -0.3 is 19.8 Å². The lowest BCUT2D eigenvalue weighted by molar-refractivity contribution is -0.147. The molecule has 1 N–H and O–H groups in total. The van der Waals surface area contributed by atoms with Crippen LogP contribution in [0.25, 0.3) is 0 Å². The first-order valence-corrected chi connectivity index (χ1v) is 13.7. The maximum absolute atomic E-state index is 14.2. The molecule has 4 rings (SSSR count). The summed E-state index contributed by atoms with van der Waals surface area (Å²) in [6.07, 6.45) is 11.5. The lowest BCUT2D eigenvalue weighted by Gasteiger charge is -2.39. The van der Waals surface area contributed by atoms with Gasteiger partial charge in [0.1, 0.15) is 6.04 Å². The van der Waals surface area contributed by atoms with Crippen molar-refractivity contribution in [2.24, 2.45) is 11.8 Å². The fraction of sp³-hybridized carbons (Fsp3) is 0.731. The Bertz CT molecular complexity index is 887. The Hall–Kier alpha value is -1.80. The zero-order chi connectivity index (χ0) is 24.7. The van der Waals surface area contributed by atoms with Crippen LogP contribution in [0, 0.1) is 11.8 Å². The van der Waals surface area contributed by atoms with Crippen molar-refractivity contribution < 1.29 is 19.5 Å². The van der Waals surface area contributed by atoms with Crippen molar-refractivity contribution in [2.45, 2.75) is 75.0 Å². The van der Waals surface area contributed by atoms with Gasteiger partial charge in [-0.2, -0.15) is 0 Å². The van der Waals surface area contributed by atoms with E-state index in [1.807, 2.05) is 28.9 Å². The number of carbonyl (C=O) groups is 3. The molecule has 4 aliphatic rings. The fourth-order valence-corrected chi connectivity index (χ4v) is 8.53. The van der Waals surface area contributed by atoms with Crippen LogP contribution in [-0.2, 0) is 14.4 Å². The van der Waals surface area contributed by atoms with Gasteiger partial charge in [0, 0.05) is 30.9 Å². The van der Waals surface area contributed by atoms with E-state index < -0.39 is 33.4 Å². The number of carbonyl (C=O) groups excluding carboxylic acids is 3. The SMILES string of the molecule is CCCCN1CC=C[C@]23S[C@@]4(C)C=CCN(CCC)C(=O)[C@H]4[C@H]2C(=O)N([C@@H](CC)CO)C3C1=O. The molecule has 0 aliphatic carbocycles. The van der Waals surface area contributed by atoms with Crippen LogP contribution in [0.4, 0.5) is 0 Å². The van der Waals surface area contributed by atoms with Gasteiger partial charge in [0.2, 0.25) is 17.7 Å². The maximum Gasteiger partial charge on any atom is 0.247 e. The Balaban J connectivity index is 1.85. The van der Waals surface area contributed by atoms with Crippen molar-refractivity contribution >= 4 is 29.5 Å². The fourth-order valence-electron chi connectivity index (χ4n) is 6.39. The quantitative estimate of drug-likeness (QED) is 0.530. The highest BCUT2D eigenvalue weighted by atomic mass is 32.2. The lowest BCUT2D eigenvalue weighted by atomic mass is 9.74. The van der Waals surface area contributed by atoms with Crippen LogP contribution in [0.15, 0.2) is 24.3 Å². The third-order valence-corrected chi connectivity index (χ3v) is 9.81. The van der Waals surface area contributed by atoms with E-state index in [1.54, 1.807) is 16.7 Å². The van der Waals surface area contributed by atoms with E-state index in [9.17, 15) is 19.5 Å². The smallest absolute Gasteiger partial charge is 0.247 e. The van der Waals surface area contributed by atoms with E-state index in [4.69, 9.17) is 0 Å². The van der Waals surface area contributed by atoms with E-state index in [1.165, 1.54) is 0 Å². The first-order chi connectivity index (χ1) is 16.3. The lowest BCUT2D eigenvalue weighted by Crippen LogP contribution is -2.56. The predicted octanol–water partition coefficient (Wildman–Crippen LogP) is 2.45. The molecule has 8 heteroatoms. The van der Waals surface area contributed by atoms with Crippen LogP contribution in [0.2, 0.25) is 0 Å². The molecule has 3 amide bonds. The summed E-state index contributed by atoms with van der Waals surface area (Å²) in [7, 11) is 0. The third-order valence-electron chi connectivity index (χ3n) is 8.01. The van der Waals surface area contributed by atoms with Crippen LogP contribution in [0.5, 0.6) is 0 Å². The summed E-state index contributed by atoms with van der Waals surface area (Å²) >= 11 is 1.61. The zero-order valence-electron chi connectivity index (χ0n) is 20.9. The zero-order valence-corrected chi connectivity index (χ0v) is 21.7. The van der Waals surface area contributed by atoms with Crippen LogP contribution >= 0.6 is 11.8 Å². The monoisotopic (exact) mass is 489 g/mol. The molecule has 1 spiro atoms. The average molecular weight is 490 g/mol. The van der Waals surface area contributed by atoms with Crippen LogP contribution in [0.3, 0.4) is 0 Å². The highest BCUT2D eigenvalue weighted by molar-refractivity contribution is 8.02. The summed E-state index contributed by atoms with van der Waals surface area (Å²) < 4.78 is -1.40. The molecule has 34 heavy (non-hydrogen) atoms. The van der Waals surface area contributed by atoms with Crippen molar-refractivity contribution in [1.29, 1.82) is 0 Å². The minimum atomic E-state index is -0.827. The second kappa shape index (κ2) is 9.69. The van der Waals surface area contributed by atoms with Gasteiger partial charge in [-0.25, -0.2) is 0 Å². The number of hydrogen-bond acceptors (Lipinski definition) is 5. The standard InChI is InChI=1S/C26H39N3O4S/c1-5-8-14-28-16-10-12-26-20(23(32)29(18(7-3)17-30)21(26)24(28)33)19-22(31)27(13-6-2)15-9-11-25(19,4)34-26/h9-12,18-21,30H,5-8,13-17H2,1-4H3/t18-,19+,20-,21?,25-,26-/m0/s1. The Morgan fingerprint density at radius 1 is 0.971 bits per heavy atom. The molecule has 2 saturated heterocycles. The first-order valence-electron chi connectivity index (χ1n) is 12.9. The molecule has 7 nitrogen and oxygen atoms in total. The van der Waals surface area contributed by atoms with Crippen molar-refractivity contribution in [3.05, 3.63) is 24.3 Å². The number of thioether (sulfide) groups is 1. The molecule has 4 heterocycles. The highest BCUT2D eigenvalue weighted by Gasteiger charge is 2.74. The number of unbranched alkanes of at least 4 members (excludes halogenated alkanes) is 1. The summed E-state index contributed by atoms with van der Waals surface area (Å²) in [4.78, 5) is 47.5. The predicted molar refractivity (Wildman–Crippen MR) is 134 cm³/mol. The molecule has 2 fully saturated rings. The van der Waals surface area contributed by atoms with Crippen LogP contribution in [0.1, 0.15) is 53.4 Å². The molecule has 0 radical (unpaired) electrons. The summed E-state index contributed by atoms with van der Waals surface area (Å²) in [5.41, 5.74) is 0. The van der Waals surface area contributed by atoms with E-state index in [0.717, 1.165) is 19.3 Å². The van der Waals surface area contributed by atoms with Crippen LogP contribution < -0.4 is 0 Å². The Kier molecular flexibility index (Phi) is 7.21. The summed E-state index contributed by atoms with van der Waals surface area (Å²) in [5.74, 6) is -1.39. The molecule has 4 aliphatic heterocycles. The number of aliphatic hydroxyl groups is 1. The molecule has 0 aromatic rings. The molecule has 6 atom stereocenters. The summed E-state index contributed by atoms with van der Waals surface area (Å²) in [6, 6.07) is -1.16.